The zero-order valence-electron chi connectivity index (χ0n) is 10.1. The summed E-state index contributed by atoms with van der Waals surface area (Å²) >= 11 is 0. The average molecular weight is 246 g/mol. The summed E-state index contributed by atoms with van der Waals surface area (Å²) in [5.74, 6) is -0.793. The van der Waals surface area contributed by atoms with E-state index in [1.165, 1.54) is 6.07 Å². The summed E-state index contributed by atoms with van der Waals surface area (Å²) in [6.07, 6.45) is 1.40. The van der Waals surface area contributed by atoms with Gasteiger partial charge in [-0.3, -0.25) is 4.79 Å². The van der Waals surface area contributed by atoms with E-state index in [0.29, 0.717) is 18.4 Å². The van der Waals surface area contributed by atoms with Gasteiger partial charge in [0.15, 0.2) is 0 Å². The minimum absolute atomic E-state index is 0.149. The van der Waals surface area contributed by atoms with Gasteiger partial charge < -0.3 is 9.52 Å². The van der Waals surface area contributed by atoms with Crippen molar-refractivity contribution in [3.8, 4) is 0 Å². The minimum atomic E-state index is -0.793. The molecule has 18 heavy (non-hydrogen) atoms. The number of fused-ring (bicyclic) bond motifs is 1. The van der Waals surface area contributed by atoms with Crippen LogP contribution < -0.4 is 5.63 Å². The third-order valence-electron chi connectivity index (χ3n) is 2.87. The van der Waals surface area contributed by atoms with Crippen molar-refractivity contribution in [1.82, 2.24) is 0 Å². The van der Waals surface area contributed by atoms with Gasteiger partial charge in [-0.05, 0) is 37.0 Å². The fourth-order valence-corrected chi connectivity index (χ4v) is 1.97. The topological polar surface area (TPSA) is 67.5 Å². The number of rotatable bonds is 4. The maximum Gasteiger partial charge on any atom is 0.336 e. The Kier molecular flexibility index (Phi) is 3.46. The van der Waals surface area contributed by atoms with E-state index in [9.17, 15) is 9.59 Å². The molecule has 1 aromatic carbocycles. The fraction of sp³-hybridized carbons (Fsp3) is 0.286. The van der Waals surface area contributed by atoms with E-state index < -0.39 is 5.97 Å². The number of aliphatic carboxylic acids is 1. The number of carboxylic acid groups (broad SMARTS) is 1. The van der Waals surface area contributed by atoms with Gasteiger partial charge in [0.1, 0.15) is 5.58 Å². The Balaban J connectivity index is 2.27. The average Bonchev–Trinajstić information content (AvgIpc) is 2.27. The lowest BCUT2D eigenvalue weighted by Crippen LogP contribution is -1.99. The zero-order valence-corrected chi connectivity index (χ0v) is 10.1. The van der Waals surface area contributed by atoms with Crippen molar-refractivity contribution in [3.63, 3.8) is 0 Å². The first-order valence-corrected chi connectivity index (χ1v) is 5.81. The molecular weight excluding hydrogens is 232 g/mol. The molecule has 4 nitrogen and oxygen atoms in total. The van der Waals surface area contributed by atoms with E-state index in [1.807, 2.05) is 25.1 Å². The van der Waals surface area contributed by atoms with Crippen LogP contribution in [0.2, 0.25) is 0 Å². The SMILES string of the molecule is Cc1cc(=O)oc2cc(CCCC(=O)O)ccc12. The van der Waals surface area contributed by atoms with Crippen molar-refractivity contribution < 1.29 is 14.3 Å². The molecular formula is C14H14O4. The van der Waals surface area contributed by atoms with E-state index >= 15 is 0 Å². The van der Waals surface area contributed by atoms with Crippen LogP contribution in [0.15, 0.2) is 33.5 Å². The second-order valence-corrected chi connectivity index (χ2v) is 4.33. The highest BCUT2D eigenvalue weighted by molar-refractivity contribution is 5.80. The molecule has 0 atom stereocenters. The van der Waals surface area contributed by atoms with E-state index in [2.05, 4.69) is 0 Å². The Morgan fingerprint density at radius 2 is 2.11 bits per heavy atom. The molecule has 0 fully saturated rings. The molecule has 4 heteroatoms. The quantitative estimate of drug-likeness (QED) is 0.841. The number of hydrogen-bond donors (Lipinski definition) is 1. The smallest absolute Gasteiger partial charge is 0.336 e. The van der Waals surface area contributed by atoms with Crippen LogP contribution in [0.3, 0.4) is 0 Å². The molecule has 0 amide bonds. The predicted molar refractivity (Wildman–Crippen MR) is 67.8 cm³/mol. The zero-order chi connectivity index (χ0) is 13.1. The summed E-state index contributed by atoms with van der Waals surface area (Å²) in [6, 6.07) is 7.12. The van der Waals surface area contributed by atoms with Gasteiger partial charge in [-0.15, -0.1) is 0 Å². The monoisotopic (exact) mass is 246 g/mol. The van der Waals surface area contributed by atoms with E-state index in [4.69, 9.17) is 9.52 Å². The van der Waals surface area contributed by atoms with E-state index in [1.54, 1.807) is 0 Å². The number of carbonyl (C=O) groups is 1. The summed E-state index contributed by atoms with van der Waals surface area (Å²) in [6.45, 7) is 1.86. The predicted octanol–water partition coefficient (Wildman–Crippen LogP) is 2.51. The van der Waals surface area contributed by atoms with Gasteiger partial charge in [0.05, 0.1) is 0 Å². The summed E-state index contributed by atoms with van der Waals surface area (Å²) in [7, 11) is 0. The molecule has 0 aliphatic carbocycles. The largest absolute Gasteiger partial charge is 0.481 e. The Morgan fingerprint density at radius 3 is 2.83 bits per heavy atom. The Hall–Kier alpha value is -2.10. The van der Waals surface area contributed by atoms with Gasteiger partial charge in [0.2, 0.25) is 0 Å². The van der Waals surface area contributed by atoms with Crippen molar-refractivity contribution in [3.05, 3.63) is 45.8 Å². The van der Waals surface area contributed by atoms with Crippen molar-refractivity contribution in [2.24, 2.45) is 0 Å². The Labute approximate surface area is 104 Å². The highest BCUT2D eigenvalue weighted by Crippen LogP contribution is 2.19. The van der Waals surface area contributed by atoms with Crippen molar-refractivity contribution in [2.45, 2.75) is 26.2 Å². The molecule has 1 N–H and O–H groups in total. The van der Waals surface area contributed by atoms with Gasteiger partial charge in [0, 0.05) is 17.9 Å². The summed E-state index contributed by atoms with van der Waals surface area (Å²) in [4.78, 5) is 21.7. The second kappa shape index (κ2) is 5.04. The van der Waals surface area contributed by atoms with Crippen LogP contribution in [0.5, 0.6) is 0 Å². The van der Waals surface area contributed by atoms with Gasteiger partial charge in [0.25, 0.3) is 0 Å². The van der Waals surface area contributed by atoms with Crippen LogP contribution in [0.4, 0.5) is 0 Å². The third-order valence-corrected chi connectivity index (χ3v) is 2.87. The molecule has 0 spiro atoms. The first-order valence-electron chi connectivity index (χ1n) is 5.81. The molecule has 0 radical (unpaired) electrons. The van der Waals surface area contributed by atoms with Crippen LogP contribution >= 0.6 is 0 Å². The van der Waals surface area contributed by atoms with E-state index in [0.717, 1.165) is 16.5 Å². The first-order chi connectivity index (χ1) is 8.56. The third kappa shape index (κ3) is 2.77. The molecule has 0 saturated heterocycles. The van der Waals surface area contributed by atoms with Gasteiger partial charge in [-0.2, -0.15) is 0 Å². The number of benzene rings is 1. The lowest BCUT2D eigenvalue weighted by molar-refractivity contribution is -0.137. The molecule has 1 aromatic heterocycles. The molecule has 94 valence electrons. The van der Waals surface area contributed by atoms with Gasteiger partial charge >= 0.3 is 11.6 Å². The normalized spacial score (nSPS) is 10.7. The Morgan fingerprint density at radius 1 is 1.33 bits per heavy atom. The van der Waals surface area contributed by atoms with Crippen LogP contribution in [0.1, 0.15) is 24.0 Å². The van der Waals surface area contributed by atoms with Crippen LogP contribution in [-0.2, 0) is 11.2 Å². The molecule has 0 aliphatic heterocycles. The molecule has 0 aliphatic rings. The van der Waals surface area contributed by atoms with Gasteiger partial charge in [-0.25, -0.2) is 4.79 Å². The summed E-state index contributed by atoms with van der Waals surface area (Å²) in [5.41, 5.74) is 2.08. The maximum atomic E-state index is 11.3. The first kappa shape index (κ1) is 12.4. The molecule has 0 saturated carbocycles. The molecule has 0 unspecified atom stereocenters. The standard InChI is InChI=1S/C14H14O4/c1-9-7-14(17)18-12-8-10(5-6-11(9)12)3-2-4-13(15)16/h5-8H,2-4H2,1H3,(H,15,16). The summed E-state index contributed by atoms with van der Waals surface area (Å²) < 4.78 is 5.14. The van der Waals surface area contributed by atoms with Crippen molar-refractivity contribution in [2.75, 3.05) is 0 Å². The van der Waals surface area contributed by atoms with Gasteiger partial charge in [-0.1, -0.05) is 12.1 Å². The van der Waals surface area contributed by atoms with E-state index in [-0.39, 0.29) is 12.0 Å². The second-order valence-electron chi connectivity index (χ2n) is 4.33. The highest BCUT2D eigenvalue weighted by Gasteiger charge is 2.04. The molecule has 2 rings (SSSR count). The van der Waals surface area contributed by atoms with Crippen LogP contribution in [-0.4, -0.2) is 11.1 Å². The number of hydrogen-bond acceptors (Lipinski definition) is 3. The van der Waals surface area contributed by atoms with Crippen LogP contribution in [0.25, 0.3) is 11.0 Å². The Bertz CT molecular complexity index is 640. The highest BCUT2D eigenvalue weighted by atomic mass is 16.4. The fourth-order valence-electron chi connectivity index (χ4n) is 1.97. The lowest BCUT2D eigenvalue weighted by atomic mass is 10.0. The number of aryl methyl sites for hydroxylation is 2. The number of carboxylic acids is 1. The summed E-state index contributed by atoms with van der Waals surface area (Å²) in [5, 5.41) is 9.49. The van der Waals surface area contributed by atoms with Crippen molar-refractivity contribution >= 4 is 16.9 Å². The van der Waals surface area contributed by atoms with Crippen LogP contribution in [0, 0.1) is 6.92 Å². The molecule has 0 bridgehead atoms. The molecule has 1 heterocycles. The molecule has 2 aromatic rings. The van der Waals surface area contributed by atoms with Crippen molar-refractivity contribution in [1.29, 1.82) is 0 Å². The minimum Gasteiger partial charge on any atom is -0.481 e. The maximum absolute atomic E-state index is 11.3. The lowest BCUT2D eigenvalue weighted by Gasteiger charge is -2.03.